The van der Waals surface area contributed by atoms with Crippen LogP contribution < -0.4 is 0 Å². The lowest BCUT2D eigenvalue weighted by Gasteiger charge is -2.25. The summed E-state index contributed by atoms with van der Waals surface area (Å²) in [5.74, 6) is 0.192. The first-order valence-electron chi connectivity index (χ1n) is 10.2. The number of Topliss-reactive ketones (excluding diaryl/α,β-unsaturated/α-hetero) is 1. The summed E-state index contributed by atoms with van der Waals surface area (Å²) in [6.45, 7) is 2.11. The lowest BCUT2D eigenvalue weighted by atomic mass is 9.91. The Kier molecular flexibility index (Phi) is 4.51. The van der Waals surface area contributed by atoms with Gasteiger partial charge >= 0.3 is 0 Å². The molecular formula is C24H24N4O. The molecule has 0 radical (unpaired) electrons. The first kappa shape index (κ1) is 17.9. The van der Waals surface area contributed by atoms with E-state index in [0.29, 0.717) is 12.6 Å². The van der Waals surface area contributed by atoms with Crippen molar-refractivity contribution in [3.63, 3.8) is 0 Å². The number of fused-ring (bicyclic) bond motifs is 3. The molecule has 5 rings (SSSR count). The number of para-hydroxylation sites is 1. The van der Waals surface area contributed by atoms with Gasteiger partial charge in [0.15, 0.2) is 0 Å². The molecule has 0 saturated heterocycles. The van der Waals surface area contributed by atoms with Crippen molar-refractivity contribution in [1.82, 2.24) is 19.6 Å². The van der Waals surface area contributed by atoms with Crippen molar-refractivity contribution in [2.75, 3.05) is 0 Å². The monoisotopic (exact) mass is 384 g/mol. The molecule has 0 amide bonds. The molecule has 4 aromatic rings. The maximum absolute atomic E-state index is 11.9. The van der Waals surface area contributed by atoms with Gasteiger partial charge in [-0.15, -0.1) is 5.10 Å². The minimum atomic E-state index is 0.192. The normalized spacial score (nSPS) is 16.1. The summed E-state index contributed by atoms with van der Waals surface area (Å²) in [7, 11) is 0. The van der Waals surface area contributed by atoms with Gasteiger partial charge in [0.05, 0.1) is 24.5 Å². The smallest absolute Gasteiger partial charge is 0.149 e. The van der Waals surface area contributed by atoms with Crippen LogP contribution >= 0.6 is 0 Å². The first-order valence-corrected chi connectivity index (χ1v) is 10.2. The van der Waals surface area contributed by atoms with E-state index in [1.165, 1.54) is 22.2 Å². The SMILES string of the molecule is CC(=O)Cn1c2c(c3ccccc31)CC(n1nncc1Cc1ccccc1)CC2. The second-order valence-corrected chi connectivity index (χ2v) is 7.96. The minimum absolute atomic E-state index is 0.192. The fraction of sp³-hybridized carbons (Fsp3) is 0.292. The van der Waals surface area contributed by atoms with Crippen LogP contribution in [0.15, 0.2) is 60.8 Å². The third-order valence-corrected chi connectivity index (χ3v) is 5.95. The molecule has 2 aromatic heterocycles. The molecule has 5 heteroatoms. The van der Waals surface area contributed by atoms with Crippen molar-refractivity contribution in [2.45, 2.75) is 45.2 Å². The fourth-order valence-electron chi connectivity index (χ4n) is 4.70. The average Bonchev–Trinajstić information content (AvgIpc) is 3.31. The first-order chi connectivity index (χ1) is 14.2. The van der Waals surface area contributed by atoms with Crippen LogP contribution in [-0.2, 0) is 30.6 Å². The molecule has 2 aromatic carbocycles. The standard InChI is InChI=1S/C24H24N4O/c1-17(29)16-27-23-10-6-5-9-21(23)22-14-19(11-12-24(22)27)28-20(15-25-26-28)13-18-7-3-2-4-8-18/h2-10,15,19H,11-14,16H2,1H3. The van der Waals surface area contributed by atoms with Crippen molar-refractivity contribution < 1.29 is 4.79 Å². The molecule has 1 aliphatic carbocycles. The second-order valence-electron chi connectivity index (χ2n) is 7.96. The number of benzene rings is 2. The van der Waals surface area contributed by atoms with Gasteiger partial charge in [0.25, 0.3) is 0 Å². The van der Waals surface area contributed by atoms with E-state index >= 15 is 0 Å². The molecule has 0 bridgehead atoms. The molecule has 1 aliphatic rings. The number of aromatic nitrogens is 4. The number of ketones is 1. The van der Waals surface area contributed by atoms with Gasteiger partial charge in [-0.3, -0.25) is 4.79 Å². The van der Waals surface area contributed by atoms with Crippen molar-refractivity contribution in [3.05, 3.63) is 83.3 Å². The Morgan fingerprint density at radius 3 is 2.72 bits per heavy atom. The summed E-state index contributed by atoms with van der Waals surface area (Å²) in [5, 5.41) is 9.93. The summed E-state index contributed by atoms with van der Waals surface area (Å²) in [5.41, 5.74) is 6.25. The average molecular weight is 384 g/mol. The molecule has 0 N–H and O–H groups in total. The van der Waals surface area contributed by atoms with Gasteiger partial charge < -0.3 is 4.57 Å². The van der Waals surface area contributed by atoms with E-state index in [0.717, 1.165) is 36.9 Å². The van der Waals surface area contributed by atoms with Crippen LogP contribution in [0.25, 0.3) is 10.9 Å². The van der Waals surface area contributed by atoms with Crippen LogP contribution in [0.2, 0.25) is 0 Å². The van der Waals surface area contributed by atoms with Gasteiger partial charge in [-0.2, -0.15) is 0 Å². The molecule has 0 aliphatic heterocycles. The zero-order valence-corrected chi connectivity index (χ0v) is 16.6. The molecule has 1 unspecified atom stereocenters. The van der Waals surface area contributed by atoms with Crippen LogP contribution in [-0.4, -0.2) is 25.3 Å². The Bertz CT molecular complexity index is 1170. The highest BCUT2D eigenvalue weighted by atomic mass is 16.1. The number of carbonyl (C=O) groups excluding carboxylic acids is 1. The van der Waals surface area contributed by atoms with Crippen LogP contribution in [0.1, 0.15) is 41.9 Å². The maximum Gasteiger partial charge on any atom is 0.149 e. The molecule has 29 heavy (non-hydrogen) atoms. The van der Waals surface area contributed by atoms with E-state index < -0.39 is 0 Å². The summed E-state index contributed by atoms with van der Waals surface area (Å²) in [6.07, 6.45) is 5.61. The zero-order chi connectivity index (χ0) is 19.8. The molecule has 146 valence electrons. The molecule has 5 nitrogen and oxygen atoms in total. The van der Waals surface area contributed by atoms with Crippen LogP contribution in [0.5, 0.6) is 0 Å². The predicted octanol–water partition coefficient (Wildman–Crippen LogP) is 4.14. The van der Waals surface area contributed by atoms with E-state index in [9.17, 15) is 4.79 Å². The Labute approximate surface area is 170 Å². The van der Waals surface area contributed by atoms with Crippen molar-refractivity contribution >= 4 is 16.7 Å². The Balaban J connectivity index is 1.50. The number of nitrogens with zero attached hydrogens (tertiary/aromatic N) is 4. The fourth-order valence-corrected chi connectivity index (χ4v) is 4.70. The molecule has 0 spiro atoms. The lowest BCUT2D eigenvalue weighted by Crippen LogP contribution is -2.23. The molecule has 2 heterocycles. The van der Waals surface area contributed by atoms with E-state index in [2.05, 4.69) is 68.1 Å². The number of rotatable bonds is 5. The third-order valence-electron chi connectivity index (χ3n) is 5.95. The highest BCUT2D eigenvalue weighted by molar-refractivity contribution is 5.88. The Hall–Kier alpha value is -3.21. The highest BCUT2D eigenvalue weighted by Gasteiger charge is 2.28. The van der Waals surface area contributed by atoms with Gasteiger partial charge in [-0.05, 0) is 43.4 Å². The molecular weight excluding hydrogens is 360 g/mol. The van der Waals surface area contributed by atoms with Crippen LogP contribution in [0.4, 0.5) is 0 Å². The predicted molar refractivity (Wildman–Crippen MR) is 113 cm³/mol. The van der Waals surface area contributed by atoms with Gasteiger partial charge in [0, 0.05) is 23.0 Å². The largest absolute Gasteiger partial charge is 0.337 e. The van der Waals surface area contributed by atoms with E-state index in [4.69, 9.17) is 0 Å². The Morgan fingerprint density at radius 2 is 1.90 bits per heavy atom. The number of hydrogen-bond acceptors (Lipinski definition) is 3. The molecule has 1 atom stereocenters. The van der Waals surface area contributed by atoms with Crippen molar-refractivity contribution in [2.24, 2.45) is 0 Å². The maximum atomic E-state index is 11.9. The quantitative estimate of drug-likeness (QED) is 0.520. The van der Waals surface area contributed by atoms with Crippen LogP contribution in [0.3, 0.4) is 0 Å². The number of carbonyl (C=O) groups is 1. The van der Waals surface area contributed by atoms with E-state index in [1.807, 2.05) is 12.3 Å². The third kappa shape index (κ3) is 3.27. The second kappa shape index (κ2) is 7.32. The molecule has 0 saturated carbocycles. The van der Waals surface area contributed by atoms with E-state index in [-0.39, 0.29) is 5.78 Å². The lowest BCUT2D eigenvalue weighted by molar-refractivity contribution is -0.117. The number of hydrogen-bond donors (Lipinski definition) is 0. The summed E-state index contributed by atoms with van der Waals surface area (Å²) < 4.78 is 4.34. The van der Waals surface area contributed by atoms with E-state index in [1.54, 1.807) is 6.92 Å². The van der Waals surface area contributed by atoms with Gasteiger partial charge in [0.1, 0.15) is 5.78 Å². The van der Waals surface area contributed by atoms with Gasteiger partial charge in [0.2, 0.25) is 0 Å². The van der Waals surface area contributed by atoms with Crippen LogP contribution in [0, 0.1) is 0 Å². The van der Waals surface area contributed by atoms with Crippen molar-refractivity contribution in [1.29, 1.82) is 0 Å². The summed E-state index contributed by atoms with van der Waals surface area (Å²) in [4.78, 5) is 11.9. The summed E-state index contributed by atoms with van der Waals surface area (Å²) >= 11 is 0. The minimum Gasteiger partial charge on any atom is -0.337 e. The molecule has 0 fully saturated rings. The topological polar surface area (TPSA) is 52.7 Å². The van der Waals surface area contributed by atoms with Gasteiger partial charge in [-0.1, -0.05) is 53.7 Å². The Morgan fingerprint density at radius 1 is 1.10 bits per heavy atom. The van der Waals surface area contributed by atoms with Crippen molar-refractivity contribution in [3.8, 4) is 0 Å². The van der Waals surface area contributed by atoms with Gasteiger partial charge in [-0.25, -0.2) is 4.68 Å². The zero-order valence-electron chi connectivity index (χ0n) is 16.6. The summed E-state index contributed by atoms with van der Waals surface area (Å²) in [6, 6.07) is 19.2. The highest BCUT2D eigenvalue weighted by Crippen LogP contribution is 2.36.